The Kier molecular flexibility index (Phi) is 8.44. The van der Waals surface area contributed by atoms with Gasteiger partial charge in [-0.3, -0.25) is 9.69 Å². The van der Waals surface area contributed by atoms with E-state index in [1.165, 1.54) is 35.6 Å². The highest BCUT2D eigenvalue weighted by Crippen LogP contribution is 2.20. The molecule has 0 radical (unpaired) electrons. The average Bonchev–Trinajstić information content (AvgIpc) is 2.71. The largest absolute Gasteiger partial charge is 0.481 e. The van der Waals surface area contributed by atoms with Gasteiger partial charge in [0.2, 0.25) is 20.0 Å². The third-order valence-electron chi connectivity index (χ3n) is 4.92. The Morgan fingerprint density at radius 2 is 1.74 bits per heavy atom. The first-order valence-corrected chi connectivity index (χ1v) is 12.8. The van der Waals surface area contributed by atoms with Crippen LogP contribution in [0.2, 0.25) is 0 Å². The van der Waals surface area contributed by atoms with E-state index in [0.29, 0.717) is 5.75 Å². The van der Waals surface area contributed by atoms with E-state index in [0.717, 1.165) is 10.6 Å². The van der Waals surface area contributed by atoms with E-state index in [2.05, 4.69) is 11.8 Å². The fraction of sp³-hybridized carbons (Fsp3) is 0.526. The molecule has 12 heteroatoms. The van der Waals surface area contributed by atoms with Crippen molar-refractivity contribution >= 4 is 26.0 Å². The van der Waals surface area contributed by atoms with Gasteiger partial charge in [0.25, 0.3) is 0 Å². The minimum absolute atomic E-state index is 0.00922. The Morgan fingerprint density at radius 3 is 2.23 bits per heavy atom. The number of benzene rings is 1. The van der Waals surface area contributed by atoms with Crippen LogP contribution in [0.1, 0.15) is 6.92 Å². The molecule has 1 heterocycles. The third-order valence-corrected chi connectivity index (χ3v) is 8.06. The van der Waals surface area contributed by atoms with E-state index >= 15 is 0 Å². The predicted octanol–water partition coefficient (Wildman–Crippen LogP) is -0.260. The Morgan fingerprint density at radius 1 is 1.16 bits per heavy atom. The molecule has 0 aliphatic carbocycles. The summed E-state index contributed by atoms with van der Waals surface area (Å²) in [5.74, 6) is 4.73. The second kappa shape index (κ2) is 10.4. The molecule has 1 fully saturated rings. The molecule has 0 amide bonds. The summed E-state index contributed by atoms with van der Waals surface area (Å²) in [6.45, 7) is 2.31. The number of rotatable bonds is 9. The quantitative estimate of drug-likeness (QED) is 0.487. The molecule has 1 aliphatic rings. The van der Waals surface area contributed by atoms with Gasteiger partial charge in [-0.15, -0.1) is 5.92 Å². The number of carbonyl (C=O) groups is 1. The van der Waals surface area contributed by atoms with Gasteiger partial charge in [-0.05, 0) is 31.2 Å². The van der Waals surface area contributed by atoms with Crippen molar-refractivity contribution in [2.45, 2.75) is 17.9 Å². The van der Waals surface area contributed by atoms with Crippen LogP contribution < -0.4 is 4.74 Å². The molecule has 1 unspecified atom stereocenters. The lowest BCUT2D eigenvalue weighted by Gasteiger charge is -2.37. The lowest BCUT2D eigenvalue weighted by molar-refractivity contribution is -0.144. The van der Waals surface area contributed by atoms with Crippen LogP contribution in [0, 0.1) is 11.8 Å². The van der Waals surface area contributed by atoms with Gasteiger partial charge in [-0.2, -0.15) is 8.61 Å². The van der Waals surface area contributed by atoms with Gasteiger partial charge in [0, 0.05) is 39.8 Å². The number of aliphatic carboxylic acids is 1. The zero-order chi connectivity index (χ0) is 23.2. The van der Waals surface area contributed by atoms with Crippen molar-refractivity contribution in [2.75, 3.05) is 52.6 Å². The van der Waals surface area contributed by atoms with Crippen LogP contribution in [0.4, 0.5) is 0 Å². The number of ether oxygens (including phenoxy) is 1. The molecular weight excluding hydrogens is 446 g/mol. The van der Waals surface area contributed by atoms with Gasteiger partial charge >= 0.3 is 5.97 Å². The fourth-order valence-corrected chi connectivity index (χ4v) is 5.12. The fourth-order valence-electron chi connectivity index (χ4n) is 3.12. The molecule has 1 N–H and O–H groups in total. The van der Waals surface area contributed by atoms with Crippen molar-refractivity contribution in [1.82, 2.24) is 13.5 Å². The van der Waals surface area contributed by atoms with Crippen molar-refractivity contribution in [3.8, 4) is 17.6 Å². The normalized spacial score (nSPS) is 17.0. The van der Waals surface area contributed by atoms with Crippen LogP contribution >= 0.6 is 0 Å². The molecule has 0 spiro atoms. The molecule has 31 heavy (non-hydrogen) atoms. The summed E-state index contributed by atoms with van der Waals surface area (Å²) in [6, 6.07) is 4.70. The van der Waals surface area contributed by atoms with Crippen molar-refractivity contribution in [2.24, 2.45) is 0 Å². The lowest BCUT2D eigenvalue weighted by atomic mass is 10.2. The number of nitrogens with zero attached hydrogens (tertiary/aromatic N) is 3. The summed E-state index contributed by atoms with van der Waals surface area (Å²) >= 11 is 0. The number of piperazine rings is 1. The highest BCUT2D eigenvalue weighted by molar-refractivity contribution is 7.89. The van der Waals surface area contributed by atoms with E-state index in [9.17, 15) is 26.7 Å². The van der Waals surface area contributed by atoms with Crippen LogP contribution in [0.25, 0.3) is 0 Å². The van der Waals surface area contributed by atoms with Gasteiger partial charge in [0.05, 0.1) is 11.2 Å². The number of likely N-dealkylation sites (N-methyl/N-ethyl adjacent to an activating group) is 1. The first-order valence-electron chi connectivity index (χ1n) is 9.47. The van der Waals surface area contributed by atoms with Gasteiger partial charge < -0.3 is 9.84 Å². The molecule has 1 aromatic carbocycles. The SMILES string of the molecule is CC#CCOc1ccc(S(=O)(=O)N(C)CC(C(=O)O)N2CCN(S(C)(=O)=O)CC2)cc1. The second-order valence-corrected chi connectivity index (χ2v) is 11.1. The second-order valence-electron chi connectivity index (χ2n) is 7.02. The number of carboxylic acids is 1. The zero-order valence-electron chi connectivity index (χ0n) is 17.7. The van der Waals surface area contributed by atoms with E-state index in [1.807, 2.05) is 0 Å². The molecule has 172 valence electrons. The van der Waals surface area contributed by atoms with Crippen molar-refractivity contribution in [3.05, 3.63) is 24.3 Å². The Hall–Kier alpha value is -2.17. The van der Waals surface area contributed by atoms with Gasteiger partial charge in [-0.25, -0.2) is 16.8 Å². The van der Waals surface area contributed by atoms with Crippen LogP contribution in [0.5, 0.6) is 5.75 Å². The van der Waals surface area contributed by atoms with E-state index < -0.39 is 32.1 Å². The molecule has 2 rings (SSSR count). The van der Waals surface area contributed by atoms with Crippen LogP contribution in [-0.4, -0.2) is 100 Å². The Labute approximate surface area is 183 Å². The number of sulfonamides is 2. The van der Waals surface area contributed by atoms with E-state index in [4.69, 9.17) is 4.74 Å². The minimum Gasteiger partial charge on any atom is -0.481 e. The summed E-state index contributed by atoms with van der Waals surface area (Å²) in [5, 5.41) is 9.65. The molecule has 0 bridgehead atoms. The first kappa shape index (κ1) is 25.1. The monoisotopic (exact) mass is 473 g/mol. The lowest BCUT2D eigenvalue weighted by Crippen LogP contribution is -2.56. The molecule has 1 atom stereocenters. The van der Waals surface area contributed by atoms with E-state index in [-0.39, 0.29) is 44.2 Å². The predicted molar refractivity (Wildman–Crippen MR) is 115 cm³/mol. The minimum atomic E-state index is -3.93. The molecule has 0 aromatic heterocycles. The van der Waals surface area contributed by atoms with Gasteiger partial charge in [-0.1, -0.05) is 5.92 Å². The number of hydrogen-bond acceptors (Lipinski definition) is 7. The van der Waals surface area contributed by atoms with Crippen molar-refractivity contribution in [1.29, 1.82) is 0 Å². The molecule has 0 saturated carbocycles. The summed E-state index contributed by atoms with van der Waals surface area (Å²) in [4.78, 5) is 13.4. The summed E-state index contributed by atoms with van der Waals surface area (Å²) in [5.41, 5.74) is 0. The Balaban J connectivity index is 2.08. The van der Waals surface area contributed by atoms with Crippen molar-refractivity contribution in [3.63, 3.8) is 0 Å². The number of carboxylic acid groups (broad SMARTS) is 1. The molecular formula is C19H27N3O7S2. The summed E-state index contributed by atoms with van der Waals surface area (Å²) in [6.07, 6.45) is 1.10. The molecule has 1 aliphatic heterocycles. The summed E-state index contributed by atoms with van der Waals surface area (Å²) in [7, 11) is -5.96. The number of hydrogen-bond donors (Lipinski definition) is 1. The molecule has 1 aromatic rings. The highest BCUT2D eigenvalue weighted by Gasteiger charge is 2.34. The average molecular weight is 474 g/mol. The summed E-state index contributed by atoms with van der Waals surface area (Å²) < 4.78 is 56.7. The van der Waals surface area contributed by atoms with Gasteiger partial charge in [0.15, 0.2) is 0 Å². The van der Waals surface area contributed by atoms with Gasteiger partial charge in [0.1, 0.15) is 18.4 Å². The third kappa shape index (κ3) is 6.65. The molecule has 10 nitrogen and oxygen atoms in total. The smallest absolute Gasteiger partial charge is 0.322 e. The first-order chi connectivity index (χ1) is 14.5. The molecule has 1 saturated heterocycles. The highest BCUT2D eigenvalue weighted by atomic mass is 32.2. The maximum absolute atomic E-state index is 12.9. The van der Waals surface area contributed by atoms with E-state index in [1.54, 1.807) is 11.8 Å². The standard InChI is InChI=1S/C19H27N3O7S2/c1-4-5-14-29-16-6-8-17(9-7-16)31(27,28)20(2)15-18(19(23)24)21-10-12-22(13-11-21)30(3,25)26/h6-9,18H,10-15H2,1-3H3,(H,23,24). The Bertz CT molecular complexity index is 1040. The van der Waals surface area contributed by atoms with Crippen molar-refractivity contribution < 1.29 is 31.5 Å². The topological polar surface area (TPSA) is 125 Å². The van der Waals surface area contributed by atoms with Crippen LogP contribution in [0.3, 0.4) is 0 Å². The van der Waals surface area contributed by atoms with Crippen LogP contribution in [0.15, 0.2) is 29.2 Å². The maximum Gasteiger partial charge on any atom is 0.322 e. The zero-order valence-corrected chi connectivity index (χ0v) is 19.3. The van der Waals surface area contributed by atoms with Crippen LogP contribution in [-0.2, 0) is 24.8 Å². The maximum atomic E-state index is 12.9.